The Morgan fingerprint density at radius 1 is 1.08 bits per heavy atom. The number of thioether (sulfide) groups is 1. The van der Waals surface area contributed by atoms with Gasteiger partial charge in [-0.05, 0) is 24.3 Å². The average molecular weight is 525 g/mol. The molecule has 1 saturated carbocycles. The molecule has 10 heteroatoms. The highest BCUT2D eigenvalue weighted by Gasteiger charge is 2.71. The number of alkyl halides is 2. The van der Waals surface area contributed by atoms with E-state index in [1.54, 1.807) is 12.3 Å². The summed E-state index contributed by atoms with van der Waals surface area (Å²) >= 11 is 7.74. The number of nitrogens with one attached hydrogen (secondary N) is 1. The van der Waals surface area contributed by atoms with Crippen LogP contribution in [-0.2, 0) is 4.79 Å². The molecule has 7 rings (SSSR count). The number of carbonyl (C=O) groups excluding carboxylic acids is 2. The van der Waals surface area contributed by atoms with Gasteiger partial charge in [-0.3, -0.25) is 9.78 Å². The summed E-state index contributed by atoms with van der Waals surface area (Å²) in [7, 11) is 0. The third-order valence-corrected chi connectivity index (χ3v) is 9.22. The quantitative estimate of drug-likeness (QED) is 0.512. The highest BCUT2D eigenvalue weighted by molar-refractivity contribution is 8.09. The lowest BCUT2D eigenvalue weighted by Crippen LogP contribution is -2.60. The predicted molar refractivity (Wildman–Crippen MR) is 136 cm³/mol. The minimum absolute atomic E-state index is 0.295. The molecule has 4 aliphatic rings. The van der Waals surface area contributed by atoms with E-state index in [4.69, 9.17) is 11.6 Å². The largest absolute Gasteiger partial charge is 0.370 e. The summed E-state index contributed by atoms with van der Waals surface area (Å²) in [6.07, 6.45) is 5.04. The highest BCUT2D eigenvalue weighted by atomic mass is 35.5. The Bertz CT molecular complexity index is 1480. The number of amides is 3. The maximum absolute atomic E-state index is 13.7. The van der Waals surface area contributed by atoms with E-state index in [1.807, 2.05) is 47.4 Å². The van der Waals surface area contributed by atoms with Gasteiger partial charge in [0.25, 0.3) is 11.8 Å². The fourth-order valence-electron chi connectivity index (χ4n) is 5.53. The molecule has 6 nitrogen and oxygen atoms in total. The van der Waals surface area contributed by atoms with Crippen LogP contribution in [0.2, 0.25) is 5.02 Å². The van der Waals surface area contributed by atoms with Crippen LogP contribution in [0.3, 0.4) is 0 Å². The van der Waals surface area contributed by atoms with Gasteiger partial charge in [0.2, 0.25) is 0 Å². The summed E-state index contributed by atoms with van der Waals surface area (Å²) in [4.78, 5) is 35.0. The zero-order valence-electron chi connectivity index (χ0n) is 18.7. The van der Waals surface area contributed by atoms with Crippen LogP contribution in [-0.4, -0.2) is 47.2 Å². The molecule has 3 amide bonds. The molecule has 3 fully saturated rings. The smallest absolute Gasteiger partial charge is 0.329 e. The van der Waals surface area contributed by atoms with Crippen LogP contribution in [0, 0.1) is 11.8 Å². The van der Waals surface area contributed by atoms with Gasteiger partial charge in [-0.1, -0.05) is 35.9 Å². The van der Waals surface area contributed by atoms with E-state index in [1.165, 1.54) is 18.0 Å². The van der Waals surface area contributed by atoms with Gasteiger partial charge in [0.15, 0.2) is 0 Å². The molecule has 4 heterocycles. The number of hydrogen-bond acceptors (Lipinski definition) is 5. The van der Waals surface area contributed by atoms with E-state index < -0.39 is 35.1 Å². The van der Waals surface area contributed by atoms with Crippen molar-refractivity contribution in [3.63, 3.8) is 0 Å². The monoisotopic (exact) mass is 524 g/mol. The van der Waals surface area contributed by atoms with E-state index in [9.17, 15) is 18.4 Å². The number of anilines is 2. The molecule has 182 valence electrons. The first-order valence-corrected chi connectivity index (χ1v) is 12.9. The van der Waals surface area contributed by atoms with Crippen molar-refractivity contribution in [2.45, 2.75) is 17.2 Å². The Morgan fingerprint density at radius 2 is 1.86 bits per heavy atom. The van der Waals surface area contributed by atoms with E-state index in [0.29, 0.717) is 29.2 Å². The molecule has 2 saturated heterocycles. The van der Waals surface area contributed by atoms with Crippen LogP contribution in [0.15, 0.2) is 60.9 Å². The van der Waals surface area contributed by atoms with Gasteiger partial charge in [0.1, 0.15) is 5.25 Å². The number of hydrogen-bond donors (Lipinski definition) is 1. The van der Waals surface area contributed by atoms with Gasteiger partial charge in [-0.15, -0.1) is 11.8 Å². The van der Waals surface area contributed by atoms with Crippen molar-refractivity contribution in [2.24, 2.45) is 11.8 Å². The van der Waals surface area contributed by atoms with Crippen molar-refractivity contribution in [2.75, 3.05) is 22.9 Å². The molecular weight excluding hydrogens is 506 g/mol. The van der Waals surface area contributed by atoms with Gasteiger partial charge < -0.3 is 10.2 Å². The summed E-state index contributed by atoms with van der Waals surface area (Å²) in [5.41, 5.74) is 1.98. The van der Waals surface area contributed by atoms with Crippen LogP contribution >= 0.6 is 23.4 Å². The molecule has 0 spiro atoms. The van der Waals surface area contributed by atoms with Crippen LogP contribution in [0.25, 0.3) is 15.7 Å². The second-order valence-corrected chi connectivity index (χ2v) is 11.1. The first kappa shape index (κ1) is 22.1. The van der Waals surface area contributed by atoms with Crippen LogP contribution in [0.5, 0.6) is 0 Å². The lowest BCUT2D eigenvalue weighted by Gasteiger charge is -2.33. The molecule has 2 aromatic carbocycles. The predicted octanol–water partition coefficient (Wildman–Crippen LogP) is 5.17. The topological polar surface area (TPSA) is 65.5 Å². The van der Waals surface area contributed by atoms with Gasteiger partial charge in [0.05, 0.1) is 29.8 Å². The normalized spacial score (nSPS) is 28.1. The summed E-state index contributed by atoms with van der Waals surface area (Å²) < 4.78 is 27.4. The number of urea groups is 1. The number of fused-ring (bicyclic) bond motifs is 3. The minimum Gasteiger partial charge on any atom is -0.370 e. The van der Waals surface area contributed by atoms with Gasteiger partial charge in [0, 0.05) is 51.2 Å². The highest BCUT2D eigenvalue weighted by Crippen LogP contribution is 2.59. The zero-order valence-corrected chi connectivity index (χ0v) is 20.3. The first-order chi connectivity index (χ1) is 17.3. The number of nitrogens with zero attached hydrogens (tertiary/aromatic N) is 3. The van der Waals surface area contributed by atoms with E-state index in [2.05, 4.69) is 10.3 Å². The van der Waals surface area contributed by atoms with Gasteiger partial charge >= 0.3 is 6.03 Å². The summed E-state index contributed by atoms with van der Waals surface area (Å²) in [5.74, 6) is -4.10. The molecule has 4 atom stereocenters. The average Bonchev–Trinajstić information content (AvgIpc) is 3.28. The Morgan fingerprint density at radius 3 is 2.64 bits per heavy atom. The Hall–Kier alpha value is -3.17. The van der Waals surface area contributed by atoms with Crippen molar-refractivity contribution in [3.8, 4) is 0 Å². The Labute approximate surface area is 214 Å². The minimum atomic E-state index is -2.56. The van der Waals surface area contributed by atoms with E-state index in [0.717, 1.165) is 26.4 Å². The molecule has 1 N–H and O–H groups in total. The Kier molecular flexibility index (Phi) is 4.70. The standard InChI is InChI=1S/C26H19ClF2N4O2S/c27-19-4-2-1-3-15(19)22-8-20-23(36-22)24(34)33(25(35)31-20)21-10-30-9-13-5-6-14(7-16(13)21)32-11-17-18(12-32)26(17,28)29/h1-10,17-18,20,23H,11-12H2,(H,31,35). The molecule has 1 aliphatic carbocycles. The number of carbonyl (C=O) groups is 2. The summed E-state index contributed by atoms with van der Waals surface area (Å²) in [5, 5.41) is 4.39. The molecule has 0 bridgehead atoms. The van der Waals surface area contributed by atoms with Crippen LogP contribution in [0.4, 0.5) is 25.0 Å². The maximum atomic E-state index is 13.7. The van der Waals surface area contributed by atoms with E-state index >= 15 is 0 Å². The fourth-order valence-corrected chi connectivity index (χ4v) is 7.12. The second-order valence-electron chi connectivity index (χ2n) is 9.55. The number of imide groups is 1. The molecular formula is C26H19ClF2N4O2S. The second kappa shape index (κ2) is 7.66. The molecule has 3 aliphatic heterocycles. The van der Waals surface area contributed by atoms with Crippen molar-refractivity contribution in [1.82, 2.24) is 10.3 Å². The zero-order chi connectivity index (χ0) is 24.8. The summed E-state index contributed by atoms with van der Waals surface area (Å²) in [6, 6.07) is 12.0. The lowest BCUT2D eigenvalue weighted by atomic mass is 10.1. The van der Waals surface area contributed by atoms with E-state index in [-0.39, 0.29) is 5.91 Å². The van der Waals surface area contributed by atoms with Gasteiger partial charge in [-0.2, -0.15) is 0 Å². The van der Waals surface area contributed by atoms with Crippen molar-refractivity contribution in [3.05, 3.63) is 71.5 Å². The molecule has 3 aromatic rings. The number of piperidine rings is 1. The molecule has 1 aromatic heterocycles. The van der Waals surface area contributed by atoms with Crippen molar-refractivity contribution < 1.29 is 18.4 Å². The van der Waals surface area contributed by atoms with Gasteiger partial charge in [-0.25, -0.2) is 18.5 Å². The number of aromatic nitrogens is 1. The Balaban J connectivity index is 1.21. The SMILES string of the molecule is O=C1NC2C=C(c3ccccc3Cl)SC2C(=O)N1c1cncc2ccc(N3CC4C(C3)C4(F)F)cc12. The lowest BCUT2D eigenvalue weighted by molar-refractivity contribution is -0.118. The maximum Gasteiger partial charge on any atom is 0.329 e. The molecule has 0 radical (unpaired) electrons. The van der Waals surface area contributed by atoms with Crippen molar-refractivity contribution in [1.29, 1.82) is 0 Å². The molecule has 4 unspecified atom stereocenters. The van der Waals surface area contributed by atoms with Crippen LogP contribution in [0.1, 0.15) is 5.56 Å². The number of pyridine rings is 1. The first-order valence-electron chi connectivity index (χ1n) is 11.6. The summed E-state index contributed by atoms with van der Waals surface area (Å²) in [6.45, 7) is 0.590. The molecule has 36 heavy (non-hydrogen) atoms. The third kappa shape index (κ3) is 3.18. The number of halogens is 3. The number of rotatable bonds is 3. The van der Waals surface area contributed by atoms with Crippen molar-refractivity contribution >= 4 is 62.4 Å². The third-order valence-electron chi connectivity index (χ3n) is 7.54. The fraction of sp³-hybridized carbons (Fsp3) is 0.269. The van der Waals surface area contributed by atoms with Crippen LogP contribution < -0.4 is 15.1 Å². The number of benzene rings is 2.